The van der Waals surface area contributed by atoms with Gasteiger partial charge in [0.1, 0.15) is 16.8 Å². The van der Waals surface area contributed by atoms with Crippen molar-refractivity contribution in [3.05, 3.63) is 29.3 Å². The zero-order valence-electron chi connectivity index (χ0n) is 14.1. The highest BCUT2D eigenvalue weighted by atomic mass is 32.1. The summed E-state index contributed by atoms with van der Waals surface area (Å²) < 4.78 is 50.0. The van der Waals surface area contributed by atoms with Crippen LogP contribution >= 0.6 is 12.2 Å². The van der Waals surface area contributed by atoms with E-state index in [0.29, 0.717) is 19.4 Å². The molecule has 1 aliphatic heterocycles. The third-order valence-electron chi connectivity index (χ3n) is 4.04. The van der Waals surface area contributed by atoms with Crippen LogP contribution in [0.2, 0.25) is 0 Å². The normalized spacial score (nSPS) is 17.0. The van der Waals surface area contributed by atoms with Crippen LogP contribution in [0.5, 0.6) is 5.75 Å². The number of hydrogen-bond donors (Lipinski definition) is 0. The summed E-state index contributed by atoms with van der Waals surface area (Å²) in [5.74, 6) is -0.648. The number of rotatable bonds is 6. The smallest absolute Gasteiger partial charge is 0.419 e. The molecule has 1 atom stereocenters. The van der Waals surface area contributed by atoms with Gasteiger partial charge in [-0.15, -0.1) is 0 Å². The largest absolute Gasteiger partial charge is 0.493 e. The average molecular weight is 375 g/mol. The molecule has 1 aliphatic rings. The van der Waals surface area contributed by atoms with Gasteiger partial charge in [0.25, 0.3) is 0 Å². The lowest BCUT2D eigenvalue weighted by Crippen LogP contribution is -2.55. The van der Waals surface area contributed by atoms with Crippen LogP contribution in [0.15, 0.2) is 18.2 Å². The summed E-state index contributed by atoms with van der Waals surface area (Å²) in [4.78, 5) is 13.4. The lowest BCUT2D eigenvalue weighted by molar-refractivity contribution is -0.148. The Balaban J connectivity index is 2.24. The Bertz CT molecular complexity index is 649. The van der Waals surface area contributed by atoms with E-state index >= 15 is 0 Å². The van der Waals surface area contributed by atoms with Gasteiger partial charge < -0.3 is 14.4 Å². The van der Waals surface area contributed by atoms with Gasteiger partial charge in [0.05, 0.1) is 19.3 Å². The number of alkyl halides is 3. The maximum absolute atomic E-state index is 13.3. The first-order valence-electron chi connectivity index (χ1n) is 8.02. The molecule has 1 aromatic carbocycles. The topological polar surface area (TPSA) is 38.8 Å². The molecule has 0 spiro atoms. The van der Waals surface area contributed by atoms with Crippen LogP contribution in [0.25, 0.3) is 0 Å². The SMILES string of the molecule is CCCCOc1ccc(C(=S)N2CCC2C(=O)OC)cc1C(F)(F)F. The van der Waals surface area contributed by atoms with Gasteiger partial charge in [-0.1, -0.05) is 25.6 Å². The van der Waals surface area contributed by atoms with Crippen molar-refractivity contribution >= 4 is 23.2 Å². The van der Waals surface area contributed by atoms with E-state index in [4.69, 9.17) is 17.0 Å². The highest BCUT2D eigenvalue weighted by molar-refractivity contribution is 7.80. The minimum Gasteiger partial charge on any atom is -0.493 e. The predicted octanol–water partition coefficient (Wildman–Crippen LogP) is 3.81. The Labute approximate surface area is 149 Å². The minimum atomic E-state index is -4.55. The zero-order chi connectivity index (χ0) is 18.6. The molecule has 0 N–H and O–H groups in total. The Hall–Kier alpha value is -1.83. The molecule has 138 valence electrons. The second-order valence-electron chi connectivity index (χ2n) is 5.74. The number of likely N-dealkylation sites (tertiary alicyclic amines) is 1. The standard InChI is InChI=1S/C17H20F3NO3S/c1-3-4-9-24-14-6-5-11(10-12(14)17(18,19)20)15(25)21-8-7-13(21)16(22)23-2/h5-6,10,13H,3-4,7-9H2,1-2H3. The van der Waals surface area contributed by atoms with Crippen LogP contribution < -0.4 is 4.74 Å². The van der Waals surface area contributed by atoms with Crippen molar-refractivity contribution in [3.8, 4) is 5.75 Å². The van der Waals surface area contributed by atoms with Crippen molar-refractivity contribution in [3.63, 3.8) is 0 Å². The molecule has 0 aromatic heterocycles. The van der Waals surface area contributed by atoms with E-state index < -0.39 is 23.8 Å². The van der Waals surface area contributed by atoms with Crippen LogP contribution in [-0.4, -0.2) is 42.2 Å². The molecule has 1 fully saturated rings. The summed E-state index contributed by atoms with van der Waals surface area (Å²) in [5, 5.41) is 0. The molecule has 4 nitrogen and oxygen atoms in total. The van der Waals surface area contributed by atoms with Crippen LogP contribution in [0.4, 0.5) is 13.2 Å². The number of halogens is 3. The predicted molar refractivity (Wildman–Crippen MR) is 90.7 cm³/mol. The van der Waals surface area contributed by atoms with Gasteiger partial charge in [-0.3, -0.25) is 0 Å². The first-order valence-corrected chi connectivity index (χ1v) is 8.43. The van der Waals surface area contributed by atoms with E-state index in [1.165, 1.54) is 19.2 Å². The first-order chi connectivity index (χ1) is 11.8. The molecule has 8 heteroatoms. The molecule has 25 heavy (non-hydrogen) atoms. The number of carbonyl (C=O) groups is 1. The summed E-state index contributed by atoms with van der Waals surface area (Å²) in [7, 11) is 1.27. The van der Waals surface area contributed by atoms with Crippen molar-refractivity contribution in [2.45, 2.75) is 38.4 Å². The van der Waals surface area contributed by atoms with Crippen molar-refractivity contribution < 1.29 is 27.4 Å². The molecule has 0 bridgehead atoms. The average Bonchev–Trinajstić information content (AvgIpc) is 2.53. The van der Waals surface area contributed by atoms with Crippen molar-refractivity contribution in [1.82, 2.24) is 4.90 Å². The van der Waals surface area contributed by atoms with Gasteiger partial charge >= 0.3 is 12.1 Å². The molecule has 2 rings (SSSR count). The molecule has 1 heterocycles. The number of thiocarbonyl (C=S) groups is 1. The lowest BCUT2D eigenvalue weighted by atomic mass is 10.0. The van der Waals surface area contributed by atoms with Crippen LogP contribution in [-0.2, 0) is 15.7 Å². The van der Waals surface area contributed by atoms with Crippen molar-refractivity contribution in [1.29, 1.82) is 0 Å². The summed E-state index contributed by atoms with van der Waals surface area (Å²) in [6.07, 6.45) is -2.49. The second-order valence-corrected chi connectivity index (χ2v) is 6.12. The van der Waals surface area contributed by atoms with E-state index in [0.717, 1.165) is 12.5 Å². The Morgan fingerprint density at radius 2 is 2.12 bits per heavy atom. The fourth-order valence-electron chi connectivity index (χ4n) is 2.51. The molecular formula is C17H20F3NO3S. The van der Waals surface area contributed by atoms with Gasteiger partial charge in [0, 0.05) is 12.1 Å². The number of esters is 1. The molecule has 1 saturated heterocycles. The highest BCUT2D eigenvalue weighted by Gasteiger charge is 2.39. The Morgan fingerprint density at radius 3 is 2.64 bits per heavy atom. The first kappa shape index (κ1) is 19.5. The number of nitrogens with zero attached hydrogens (tertiary/aromatic N) is 1. The number of ether oxygens (including phenoxy) is 2. The van der Waals surface area contributed by atoms with Gasteiger partial charge in [-0.05, 0) is 31.0 Å². The number of hydrogen-bond acceptors (Lipinski definition) is 4. The number of benzene rings is 1. The van der Waals surface area contributed by atoms with Crippen LogP contribution in [0.3, 0.4) is 0 Å². The molecular weight excluding hydrogens is 355 g/mol. The molecule has 0 amide bonds. The second kappa shape index (κ2) is 8.03. The van der Waals surface area contributed by atoms with E-state index in [2.05, 4.69) is 4.74 Å². The Kier molecular flexibility index (Phi) is 6.26. The summed E-state index contributed by atoms with van der Waals surface area (Å²) in [6.45, 7) is 2.66. The highest BCUT2D eigenvalue weighted by Crippen LogP contribution is 2.37. The zero-order valence-corrected chi connectivity index (χ0v) is 14.9. The number of carbonyl (C=O) groups excluding carboxylic acids is 1. The maximum Gasteiger partial charge on any atom is 0.419 e. The van der Waals surface area contributed by atoms with E-state index in [-0.39, 0.29) is 22.9 Å². The molecule has 0 saturated carbocycles. The van der Waals surface area contributed by atoms with E-state index in [9.17, 15) is 18.0 Å². The molecule has 1 unspecified atom stereocenters. The summed E-state index contributed by atoms with van der Waals surface area (Å²) in [6, 6.07) is 3.22. The van der Waals surface area contributed by atoms with E-state index in [1.54, 1.807) is 4.90 Å². The van der Waals surface area contributed by atoms with Crippen molar-refractivity contribution in [2.75, 3.05) is 20.3 Å². The van der Waals surface area contributed by atoms with Crippen molar-refractivity contribution in [2.24, 2.45) is 0 Å². The fraction of sp³-hybridized carbons (Fsp3) is 0.529. The molecule has 1 aromatic rings. The van der Waals surface area contributed by atoms with Gasteiger partial charge in [0.15, 0.2) is 0 Å². The quantitative estimate of drug-likeness (QED) is 0.430. The van der Waals surface area contributed by atoms with Crippen LogP contribution in [0, 0.1) is 0 Å². The third-order valence-corrected chi connectivity index (χ3v) is 4.51. The van der Waals surface area contributed by atoms with Gasteiger partial charge in [-0.25, -0.2) is 4.79 Å². The van der Waals surface area contributed by atoms with E-state index in [1.807, 2.05) is 6.92 Å². The molecule has 0 aliphatic carbocycles. The lowest BCUT2D eigenvalue weighted by Gasteiger charge is -2.40. The minimum absolute atomic E-state index is 0.201. The van der Waals surface area contributed by atoms with Gasteiger partial charge in [-0.2, -0.15) is 13.2 Å². The monoisotopic (exact) mass is 375 g/mol. The number of methoxy groups -OCH3 is 1. The van der Waals surface area contributed by atoms with Gasteiger partial charge in [0.2, 0.25) is 0 Å². The fourth-order valence-corrected chi connectivity index (χ4v) is 2.86. The van der Waals surface area contributed by atoms with Crippen LogP contribution in [0.1, 0.15) is 37.3 Å². The molecule has 0 radical (unpaired) electrons. The third kappa shape index (κ3) is 4.42. The summed E-state index contributed by atoms with van der Waals surface area (Å²) in [5.41, 5.74) is -0.627. The Morgan fingerprint density at radius 1 is 1.40 bits per heavy atom. The maximum atomic E-state index is 13.3. The summed E-state index contributed by atoms with van der Waals surface area (Å²) >= 11 is 5.28. The number of unbranched alkanes of at least 4 members (excludes halogenated alkanes) is 1.